The number of hydrogen-bond donors (Lipinski definition) is 0. The van der Waals surface area contributed by atoms with Crippen LogP contribution in [-0.4, -0.2) is 49.8 Å². The van der Waals surface area contributed by atoms with Crippen LogP contribution in [0.5, 0.6) is 17.2 Å². The van der Waals surface area contributed by atoms with Crippen molar-refractivity contribution in [3.05, 3.63) is 80.0 Å². The molecule has 0 radical (unpaired) electrons. The molecule has 0 saturated heterocycles. The number of furan rings is 1. The lowest BCUT2D eigenvalue weighted by molar-refractivity contribution is -0.142. The molecule has 0 aliphatic rings. The number of carbonyl (C=O) groups excluding carboxylic acids is 1. The van der Waals surface area contributed by atoms with Crippen molar-refractivity contribution in [2.24, 2.45) is 5.10 Å². The fraction of sp³-hybridized carbons (Fsp3) is 0.143. The molecule has 0 atom stereocenters. The highest BCUT2D eigenvalue weighted by Crippen LogP contribution is 2.42. The molecule has 204 valence electrons. The van der Waals surface area contributed by atoms with E-state index in [2.05, 4.69) is 25.8 Å². The van der Waals surface area contributed by atoms with Crippen LogP contribution in [0, 0.1) is 0 Å². The molecule has 0 spiro atoms. The maximum absolute atomic E-state index is 13.6. The third-order valence-corrected chi connectivity index (χ3v) is 7.41. The molecule has 0 saturated carbocycles. The number of halogens is 2. The number of benzene rings is 3. The number of carbonyl (C=O) groups is 1. The van der Waals surface area contributed by atoms with Crippen LogP contribution in [0.25, 0.3) is 33.5 Å². The minimum atomic E-state index is -0.584. The summed E-state index contributed by atoms with van der Waals surface area (Å²) in [6.45, 7) is -0.365. The second-order valence-corrected chi connectivity index (χ2v) is 9.46. The third-order valence-electron chi connectivity index (χ3n) is 5.97. The first kappa shape index (κ1) is 27.2. The molecule has 3 aromatic carbocycles. The number of rotatable bonds is 8. The van der Waals surface area contributed by atoms with Crippen LogP contribution in [0.4, 0.5) is 0 Å². The van der Waals surface area contributed by atoms with E-state index in [4.69, 9.17) is 35.2 Å². The van der Waals surface area contributed by atoms with E-state index >= 15 is 0 Å². The van der Waals surface area contributed by atoms with Gasteiger partial charge in [0.1, 0.15) is 16.4 Å². The number of ether oxygens (including phenoxy) is 4. The Balaban J connectivity index is 1.65. The van der Waals surface area contributed by atoms with Crippen LogP contribution in [-0.2, 0) is 9.53 Å². The first-order valence-corrected chi connectivity index (χ1v) is 12.9. The highest BCUT2D eigenvalue weighted by atomic mass is 79.9. The first-order chi connectivity index (χ1) is 19.4. The number of esters is 1. The van der Waals surface area contributed by atoms with E-state index in [1.54, 1.807) is 55.6 Å². The Hall–Kier alpha value is -4.35. The minimum absolute atomic E-state index is 0.137. The van der Waals surface area contributed by atoms with E-state index in [1.807, 2.05) is 6.07 Å². The number of methoxy groups -OCH3 is 3. The lowest BCUT2D eigenvalue weighted by atomic mass is 10.2. The maximum atomic E-state index is 13.6. The molecule has 2 aromatic heterocycles. The Morgan fingerprint density at radius 1 is 1.07 bits per heavy atom. The average molecular weight is 627 g/mol. The standard InChI is InChI=1S/C28H21BrClN3O7/c1-36-19-9-6-10-20-17(19)12-22(40-20)27-32-18-8-5-4-7-16(18)28(35)33(27)31-13-15-11-21(37-2)26(25(30)24(15)29)39-14-23(34)38-3/h4-13H,14H2,1-3H3. The zero-order valence-electron chi connectivity index (χ0n) is 21.4. The third kappa shape index (κ3) is 5.01. The van der Waals surface area contributed by atoms with Crippen LogP contribution in [0.3, 0.4) is 0 Å². The largest absolute Gasteiger partial charge is 0.496 e. The minimum Gasteiger partial charge on any atom is -0.496 e. The Labute approximate surface area is 240 Å². The molecular weight excluding hydrogens is 606 g/mol. The summed E-state index contributed by atoms with van der Waals surface area (Å²) in [5, 5.41) is 5.71. The molecular formula is C28H21BrClN3O7. The van der Waals surface area contributed by atoms with E-state index in [0.717, 1.165) is 10.1 Å². The van der Waals surface area contributed by atoms with E-state index in [-0.39, 0.29) is 29.0 Å². The fourth-order valence-electron chi connectivity index (χ4n) is 4.01. The van der Waals surface area contributed by atoms with Crippen molar-refractivity contribution in [2.75, 3.05) is 27.9 Å². The SMILES string of the molecule is COC(=O)COc1c(OC)cc(C=Nn2c(-c3cc4c(OC)cccc4o3)nc3ccccc3c2=O)c(Br)c1Cl. The molecule has 10 nitrogen and oxygen atoms in total. The molecule has 0 unspecified atom stereocenters. The van der Waals surface area contributed by atoms with Gasteiger partial charge in [0, 0.05) is 10.0 Å². The Morgan fingerprint density at radius 2 is 1.85 bits per heavy atom. The number of hydrogen-bond acceptors (Lipinski definition) is 9. The van der Waals surface area contributed by atoms with Gasteiger partial charge in [-0.3, -0.25) is 4.79 Å². The second kappa shape index (κ2) is 11.4. The van der Waals surface area contributed by atoms with Crippen molar-refractivity contribution in [3.8, 4) is 28.8 Å². The number of fused-ring (bicyclic) bond motifs is 2. The summed E-state index contributed by atoms with van der Waals surface area (Å²) in [7, 11) is 4.25. The molecule has 0 amide bonds. The van der Waals surface area contributed by atoms with Gasteiger partial charge >= 0.3 is 5.97 Å². The highest BCUT2D eigenvalue weighted by molar-refractivity contribution is 9.10. The molecule has 0 fully saturated rings. The molecule has 5 aromatic rings. The first-order valence-electron chi connectivity index (χ1n) is 11.7. The monoisotopic (exact) mass is 625 g/mol. The fourth-order valence-corrected chi connectivity index (χ4v) is 4.66. The molecule has 40 heavy (non-hydrogen) atoms. The highest BCUT2D eigenvalue weighted by Gasteiger charge is 2.20. The summed E-state index contributed by atoms with van der Waals surface area (Å²) in [4.78, 5) is 29.9. The van der Waals surface area contributed by atoms with Crippen LogP contribution < -0.4 is 19.8 Å². The van der Waals surface area contributed by atoms with Crippen LogP contribution in [0.1, 0.15) is 5.56 Å². The van der Waals surface area contributed by atoms with Gasteiger partial charge in [-0.25, -0.2) is 9.78 Å². The summed E-state index contributed by atoms with van der Waals surface area (Å²) in [5.74, 6) is 0.919. The van der Waals surface area contributed by atoms with Crippen LogP contribution in [0.2, 0.25) is 5.02 Å². The van der Waals surface area contributed by atoms with Gasteiger partial charge in [-0.1, -0.05) is 29.8 Å². The smallest absolute Gasteiger partial charge is 0.343 e. The second-order valence-electron chi connectivity index (χ2n) is 8.29. The van der Waals surface area contributed by atoms with Crippen LogP contribution >= 0.6 is 27.5 Å². The van der Waals surface area contributed by atoms with Gasteiger partial charge < -0.3 is 23.4 Å². The van der Waals surface area contributed by atoms with E-state index in [9.17, 15) is 9.59 Å². The van der Waals surface area contributed by atoms with Gasteiger partial charge in [-0.2, -0.15) is 9.78 Å². The van der Waals surface area contributed by atoms with Gasteiger partial charge in [-0.15, -0.1) is 0 Å². The lowest BCUT2D eigenvalue weighted by Crippen LogP contribution is -2.20. The topological polar surface area (TPSA) is 114 Å². The zero-order chi connectivity index (χ0) is 28.4. The molecule has 0 bridgehead atoms. The van der Waals surface area contributed by atoms with Crippen molar-refractivity contribution in [2.45, 2.75) is 0 Å². The lowest BCUT2D eigenvalue weighted by Gasteiger charge is -2.14. The van der Waals surface area contributed by atoms with E-state index in [0.29, 0.717) is 38.0 Å². The summed E-state index contributed by atoms with van der Waals surface area (Å²) in [6.07, 6.45) is 1.42. The van der Waals surface area contributed by atoms with Crippen molar-refractivity contribution in [1.29, 1.82) is 0 Å². The van der Waals surface area contributed by atoms with Gasteiger partial charge in [0.2, 0.25) is 5.82 Å². The predicted molar refractivity (Wildman–Crippen MR) is 154 cm³/mol. The predicted octanol–water partition coefficient (Wildman–Crippen LogP) is 5.68. The summed E-state index contributed by atoms with van der Waals surface area (Å²) < 4.78 is 28.6. The van der Waals surface area contributed by atoms with Crippen molar-refractivity contribution in [3.63, 3.8) is 0 Å². The zero-order valence-corrected chi connectivity index (χ0v) is 23.8. The summed E-state index contributed by atoms with van der Waals surface area (Å²) in [6, 6.07) is 15.7. The molecule has 0 aliphatic carbocycles. The number of aromatic nitrogens is 2. The van der Waals surface area contributed by atoms with E-state index < -0.39 is 11.5 Å². The summed E-state index contributed by atoms with van der Waals surface area (Å²) in [5.41, 5.74) is 1.11. The maximum Gasteiger partial charge on any atom is 0.343 e. The van der Waals surface area contributed by atoms with Crippen molar-refractivity contribution in [1.82, 2.24) is 9.66 Å². The van der Waals surface area contributed by atoms with Gasteiger partial charge in [0.25, 0.3) is 5.56 Å². The Morgan fingerprint density at radius 3 is 2.60 bits per heavy atom. The molecule has 12 heteroatoms. The van der Waals surface area contributed by atoms with E-state index in [1.165, 1.54) is 20.4 Å². The van der Waals surface area contributed by atoms with Crippen molar-refractivity contribution >= 4 is 61.6 Å². The molecule has 0 aliphatic heterocycles. The van der Waals surface area contributed by atoms with Gasteiger partial charge in [0.15, 0.2) is 23.9 Å². The average Bonchev–Trinajstić information content (AvgIpc) is 3.42. The normalized spacial score (nSPS) is 11.3. The molecule has 0 N–H and O–H groups in total. The molecule has 2 heterocycles. The Bertz CT molecular complexity index is 1850. The number of para-hydroxylation sites is 1. The van der Waals surface area contributed by atoms with Crippen LogP contribution in [0.15, 0.2) is 73.4 Å². The quantitative estimate of drug-likeness (QED) is 0.160. The van der Waals surface area contributed by atoms with Gasteiger partial charge in [-0.05, 0) is 52.3 Å². The van der Waals surface area contributed by atoms with Crippen molar-refractivity contribution < 1.29 is 28.2 Å². The summed E-state index contributed by atoms with van der Waals surface area (Å²) >= 11 is 9.97. The number of nitrogens with zero attached hydrogens (tertiary/aromatic N) is 3. The van der Waals surface area contributed by atoms with Gasteiger partial charge in [0.05, 0.1) is 43.8 Å². The molecule has 5 rings (SSSR count). The Kier molecular flexibility index (Phi) is 7.76.